The molecule has 0 bridgehead atoms. The zero-order valence-electron chi connectivity index (χ0n) is 19.9. The van der Waals surface area contributed by atoms with E-state index in [2.05, 4.69) is 81.9 Å². The van der Waals surface area contributed by atoms with Gasteiger partial charge in [0.05, 0.1) is 11.6 Å². The molecule has 32 heavy (non-hydrogen) atoms. The fourth-order valence-electron chi connectivity index (χ4n) is 4.29. The van der Waals surface area contributed by atoms with Crippen LogP contribution in [0.4, 0.5) is 5.82 Å². The van der Waals surface area contributed by atoms with E-state index >= 15 is 0 Å². The molecule has 1 aliphatic heterocycles. The minimum Gasteiger partial charge on any atom is -0.359 e. The van der Waals surface area contributed by atoms with Gasteiger partial charge in [0.1, 0.15) is 18.9 Å². The molecule has 1 aliphatic rings. The molecule has 0 unspecified atom stereocenters. The molecular weight excluding hydrogens is 416 g/mol. The van der Waals surface area contributed by atoms with Gasteiger partial charge in [-0.15, -0.1) is 0 Å². The number of likely N-dealkylation sites (tertiary alicyclic amines) is 1. The second-order valence-electron chi connectivity index (χ2n) is 10.1. The van der Waals surface area contributed by atoms with Crippen LogP contribution in [0.2, 0.25) is 25.7 Å². The molecule has 1 atom stereocenters. The Labute approximate surface area is 192 Å². The number of fused-ring (bicyclic) bond motifs is 1. The summed E-state index contributed by atoms with van der Waals surface area (Å²) in [5, 5.41) is 5.54. The quantitative estimate of drug-likeness (QED) is 0.357. The van der Waals surface area contributed by atoms with E-state index in [1.807, 2.05) is 10.9 Å². The maximum atomic E-state index is 5.90. The lowest BCUT2D eigenvalue weighted by molar-refractivity contribution is 0.0813. The van der Waals surface area contributed by atoms with Crippen molar-refractivity contribution in [2.24, 2.45) is 0 Å². The third kappa shape index (κ3) is 5.73. The first-order chi connectivity index (χ1) is 15.4. The van der Waals surface area contributed by atoms with E-state index in [0.717, 1.165) is 49.1 Å². The van der Waals surface area contributed by atoms with Crippen LogP contribution in [0.15, 0.2) is 42.9 Å². The van der Waals surface area contributed by atoms with Crippen molar-refractivity contribution in [2.75, 3.05) is 31.6 Å². The molecule has 0 N–H and O–H groups in total. The summed E-state index contributed by atoms with van der Waals surface area (Å²) in [4.78, 5) is 14.0. The summed E-state index contributed by atoms with van der Waals surface area (Å²) in [6.45, 7) is 11.5. The van der Waals surface area contributed by atoms with Crippen LogP contribution in [0.3, 0.4) is 0 Å². The lowest BCUT2D eigenvalue weighted by atomic mass is 10.0. The minimum atomic E-state index is -1.10. The number of ether oxygens (including phenoxy) is 1. The molecule has 0 amide bonds. The van der Waals surface area contributed by atoms with Crippen LogP contribution in [-0.4, -0.2) is 65.5 Å². The van der Waals surface area contributed by atoms with Crippen molar-refractivity contribution in [3.8, 4) is 0 Å². The number of hydrogen-bond acceptors (Lipinski definition) is 6. The second kappa shape index (κ2) is 10.1. The van der Waals surface area contributed by atoms with Gasteiger partial charge in [-0.2, -0.15) is 5.10 Å². The molecule has 8 heteroatoms. The highest BCUT2D eigenvalue weighted by Crippen LogP contribution is 2.26. The molecule has 0 spiro atoms. The van der Waals surface area contributed by atoms with E-state index in [1.165, 1.54) is 18.4 Å². The van der Waals surface area contributed by atoms with Crippen LogP contribution in [0.1, 0.15) is 18.4 Å². The third-order valence-corrected chi connectivity index (χ3v) is 7.94. The summed E-state index contributed by atoms with van der Waals surface area (Å²) >= 11 is 0. The molecule has 1 aromatic carbocycles. The Morgan fingerprint density at radius 2 is 1.97 bits per heavy atom. The van der Waals surface area contributed by atoms with Crippen LogP contribution >= 0.6 is 0 Å². The average Bonchev–Trinajstić information content (AvgIpc) is 3.20. The largest absolute Gasteiger partial charge is 0.359 e. The standard InChI is InChI=1S/C24H36N6OSi/c1-28(21-11-8-12-29(17-21)16-20-9-6-5-7-10-20)23-22-15-27-30(24(22)26-18-25-23)19-31-13-14-32(2,3)4/h5-7,9-10,15,18,21H,8,11-14,16-17,19H2,1-4H3/t21-/m1/s1. The first-order valence-electron chi connectivity index (χ1n) is 11.6. The van der Waals surface area contributed by atoms with Crippen molar-refractivity contribution >= 4 is 24.9 Å². The second-order valence-corrected chi connectivity index (χ2v) is 15.7. The summed E-state index contributed by atoms with van der Waals surface area (Å²) in [5.41, 5.74) is 2.21. The lowest BCUT2D eigenvalue weighted by Gasteiger charge is -2.38. The molecule has 1 saturated heterocycles. The molecule has 1 fully saturated rings. The van der Waals surface area contributed by atoms with Crippen LogP contribution in [0, 0.1) is 0 Å². The van der Waals surface area contributed by atoms with E-state index in [9.17, 15) is 0 Å². The minimum absolute atomic E-state index is 0.418. The maximum Gasteiger partial charge on any atom is 0.165 e. The van der Waals surface area contributed by atoms with Crippen molar-refractivity contribution < 1.29 is 4.74 Å². The predicted octanol–water partition coefficient (Wildman–Crippen LogP) is 4.24. The normalized spacial score (nSPS) is 17.7. The van der Waals surface area contributed by atoms with Crippen molar-refractivity contribution in [3.63, 3.8) is 0 Å². The number of aromatic nitrogens is 4. The van der Waals surface area contributed by atoms with Gasteiger partial charge >= 0.3 is 0 Å². The van der Waals surface area contributed by atoms with E-state index < -0.39 is 8.07 Å². The molecule has 4 rings (SSSR count). The lowest BCUT2D eigenvalue weighted by Crippen LogP contribution is -2.46. The molecule has 3 heterocycles. The first-order valence-corrected chi connectivity index (χ1v) is 15.3. The molecule has 0 saturated carbocycles. The van der Waals surface area contributed by atoms with E-state index in [4.69, 9.17) is 4.74 Å². The number of hydrogen-bond donors (Lipinski definition) is 0. The van der Waals surface area contributed by atoms with E-state index in [1.54, 1.807) is 6.33 Å². The van der Waals surface area contributed by atoms with Gasteiger partial charge in [-0.25, -0.2) is 14.6 Å². The highest BCUT2D eigenvalue weighted by atomic mass is 28.3. The zero-order valence-corrected chi connectivity index (χ0v) is 20.9. The number of benzene rings is 1. The van der Waals surface area contributed by atoms with E-state index in [0.29, 0.717) is 12.8 Å². The van der Waals surface area contributed by atoms with Crippen LogP contribution < -0.4 is 4.90 Å². The fraction of sp³-hybridized carbons (Fsp3) is 0.542. The number of piperidine rings is 1. The van der Waals surface area contributed by atoms with E-state index in [-0.39, 0.29) is 0 Å². The summed E-state index contributed by atoms with van der Waals surface area (Å²) < 4.78 is 7.75. The number of anilines is 1. The Balaban J connectivity index is 1.43. The van der Waals surface area contributed by atoms with Gasteiger partial charge in [0.25, 0.3) is 0 Å². The van der Waals surface area contributed by atoms with Crippen molar-refractivity contribution in [2.45, 2.75) is 57.8 Å². The first kappa shape index (κ1) is 22.9. The van der Waals surface area contributed by atoms with Crippen LogP contribution in [0.25, 0.3) is 11.0 Å². The van der Waals surface area contributed by atoms with Crippen molar-refractivity contribution in [1.29, 1.82) is 0 Å². The van der Waals surface area contributed by atoms with Gasteiger partial charge in [0, 0.05) is 40.9 Å². The monoisotopic (exact) mass is 452 g/mol. The molecular formula is C24H36N6OSi. The summed E-state index contributed by atoms with van der Waals surface area (Å²) in [6.07, 6.45) is 5.90. The Kier molecular flexibility index (Phi) is 7.22. The smallest absolute Gasteiger partial charge is 0.165 e. The zero-order chi connectivity index (χ0) is 22.6. The fourth-order valence-corrected chi connectivity index (χ4v) is 5.05. The summed E-state index contributed by atoms with van der Waals surface area (Å²) in [5.74, 6) is 0.954. The maximum absolute atomic E-state index is 5.90. The van der Waals surface area contributed by atoms with Gasteiger partial charge in [0.2, 0.25) is 0 Å². The molecule has 172 valence electrons. The van der Waals surface area contributed by atoms with Crippen LogP contribution in [-0.2, 0) is 18.0 Å². The Hall–Kier alpha value is -2.29. The molecule has 0 radical (unpaired) electrons. The van der Waals surface area contributed by atoms with Gasteiger partial charge in [0.15, 0.2) is 5.65 Å². The third-order valence-electron chi connectivity index (χ3n) is 6.23. The average molecular weight is 453 g/mol. The number of rotatable bonds is 9. The highest BCUT2D eigenvalue weighted by Gasteiger charge is 2.26. The van der Waals surface area contributed by atoms with Crippen LogP contribution in [0.5, 0.6) is 0 Å². The number of likely N-dealkylation sites (N-methyl/N-ethyl adjacent to an activating group) is 1. The van der Waals surface area contributed by atoms with Gasteiger partial charge in [-0.3, -0.25) is 4.90 Å². The Morgan fingerprint density at radius 3 is 2.75 bits per heavy atom. The van der Waals surface area contributed by atoms with Gasteiger partial charge in [-0.05, 0) is 31.0 Å². The highest BCUT2D eigenvalue weighted by molar-refractivity contribution is 6.76. The summed E-state index contributed by atoms with van der Waals surface area (Å²) in [6, 6.07) is 12.3. The van der Waals surface area contributed by atoms with Gasteiger partial charge < -0.3 is 9.64 Å². The van der Waals surface area contributed by atoms with Crippen molar-refractivity contribution in [1.82, 2.24) is 24.6 Å². The predicted molar refractivity (Wildman–Crippen MR) is 133 cm³/mol. The number of nitrogens with zero attached hydrogens (tertiary/aromatic N) is 6. The summed E-state index contributed by atoms with van der Waals surface area (Å²) in [7, 11) is 1.06. The Morgan fingerprint density at radius 1 is 1.16 bits per heavy atom. The molecule has 7 nitrogen and oxygen atoms in total. The molecule has 0 aliphatic carbocycles. The SMILES string of the molecule is CN(c1ncnc2c1cnn2COCC[Si](C)(C)C)[C@@H]1CCCN(Cc2ccccc2)C1. The molecule has 3 aromatic rings. The Bertz CT molecular complexity index is 1000. The molecule has 2 aromatic heterocycles. The van der Waals surface area contributed by atoms with Crippen molar-refractivity contribution in [3.05, 3.63) is 48.4 Å². The van der Waals surface area contributed by atoms with Gasteiger partial charge in [-0.1, -0.05) is 50.0 Å². The topological polar surface area (TPSA) is 59.3 Å².